The molecule has 0 aliphatic rings. The van der Waals surface area contributed by atoms with Crippen molar-refractivity contribution in [1.29, 1.82) is 5.26 Å². The van der Waals surface area contributed by atoms with E-state index in [1.807, 2.05) is 56.3 Å². The largest absolute Gasteiger partial charge is 0.336 e. The first-order chi connectivity index (χ1) is 13.9. The van der Waals surface area contributed by atoms with Crippen LogP contribution in [0.3, 0.4) is 0 Å². The Kier molecular flexibility index (Phi) is 4.24. The molecule has 2 aromatic carbocycles. The Labute approximate surface area is 165 Å². The van der Waals surface area contributed by atoms with E-state index < -0.39 is 11.1 Å². The number of aromatic nitrogens is 3. The van der Waals surface area contributed by atoms with Crippen molar-refractivity contribution in [2.75, 3.05) is 5.84 Å². The fourth-order valence-corrected chi connectivity index (χ4v) is 3.18. The van der Waals surface area contributed by atoms with E-state index in [0.29, 0.717) is 16.9 Å². The van der Waals surface area contributed by atoms with E-state index in [0.717, 1.165) is 20.5 Å². The molecular weight excluding hydrogens is 366 g/mol. The maximum absolute atomic E-state index is 13.0. The van der Waals surface area contributed by atoms with Gasteiger partial charge in [0.05, 0.1) is 11.4 Å². The summed E-state index contributed by atoms with van der Waals surface area (Å²) in [5, 5.41) is 14.1. The van der Waals surface area contributed by atoms with Gasteiger partial charge in [0, 0.05) is 10.9 Å². The quantitative estimate of drug-likeness (QED) is 0.535. The maximum Gasteiger partial charge on any atom is 0.297 e. The van der Waals surface area contributed by atoms with E-state index >= 15 is 0 Å². The first kappa shape index (κ1) is 18.2. The Morgan fingerprint density at radius 1 is 0.931 bits per heavy atom. The van der Waals surface area contributed by atoms with Crippen LogP contribution in [0.25, 0.3) is 27.8 Å². The summed E-state index contributed by atoms with van der Waals surface area (Å²) in [6, 6.07) is 18.0. The Hall–Kier alpha value is -4.18. The number of nitrogens with zero attached hydrogens (tertiary/aromatic N) is 4. The highest BCUT2D eigenvalue weighted by molar-refractivity contribution is 5.87. The van der Waals surface area contributed by atoms with Crippen LogP contribution < -0.4 is 17.0 Å². The molecule has 0 amide bonds. The molecule has 0 saturated carbocycles. The third-order valence-corrected chi connectivity index (χ3v) is 4.83. The molecule has 29 heavy (non-hydrogen) atoms. The van der Waals surface area contributed by atoms with E-state index in [-0.39, 0.29) is 16.5 Å². The van der Waals surface area contributed by atoms with Gasteiger partial charge in [0.1, 0.15) is 11.6 Å². The second kappa shape index (κ2) is 6.77. The number of fused-ring (bicyclic) bond motifs is 1. The highest BCUT2D eigenvalue weighted by Crippen LogP contribution is 2.22. The molecule has 2 N–H and O–H groups in total. The highest BCUT2D eigenvalue weighted by Gasteiger charge is 2.18. The summed E-state index contributed by atoms with van der Waals surface area (Å²) in [5.41, 5.74) is 2.25. The van der Waals surface area contributed by atoms with Gasteiger partial charge in [-0.3, -0.25) is 9.59 Å². The molecule has 0 bridgehead atoms. The van der Waals surface area contributed by atoms with Crippen LogP contribution in [0.2, 0.25) is 0 Å². The number of nitrogen functional groups attached to an aromatic ring is 1. The number of nitrogens with two attached hydrogens (primary N) is 1. The van der Waals surface area contributed by atoms with Crippen LogP contribution in [0.4, 0.5) is 0 Å². The molecule has 4 aromatic rings. The Bertz CT molecular complexity index is 1410. The predicted octanol–water partition coefficient (Wildman–Crippen LogP) is 2.42. The Morgan fingerprint density at radius 3 is 2.10 bits per heavy atom. The van der Waals surface area contributed by atoms with Crippen LogP contribution in [0.5, 0.6) is 0 Å². The molecule has 0 aliphatic heterocycles. The minimum Gasteiger partial charge on any atom is -0.336 e. The predicted molar refractivity (Wildman–Crippen MR) is 111 cm³/mol. The summed E-state index contributed by atoms with van der Waals surface area (Å²) < 4.78 is 2.05. The van der Waals surface area contributed by atoms with Gasteiger partial charge in [-0.15, -0.1) is 0 Å². The number of aryl methyl sites for hydroxylation is 2. The molecular formula is C22H17N5O2. The molecule has 7 heteroatoms. The van der Waals surface area contributed by atoms with Crippen molar-refractivity contribution < 1.29 is 0 Å². The summed E-state index contributed by atoms with van der Waals surface area (Å²) >= 11 is 0. The number of hydrogen-bond donors (Lipinski definition) is 1. The second-order valence-electron chi connectivity index (χ2n) is 6.87. The van der Waals surface area contributed by atoms with Crippen LogP contribution in [0, 0.1) is 25.2 Å². The molecule has 4 rings (SSSR count). The average molecular weight is 383 g/mol. The topological polar surface area (TPSA) is 107 Å². The van der Waals surface area contributed by atoms with E-state index in [1.165, 1.54) is 0 Å². The Balaban J connectivity index is 2.07. The molecule has 0 saturated heterocycles. The normalized spacial score (nSPS) is 10.8. The summed E-state index contributed by atoms with van der Waals surface area (Å²) in [7, 11) is 0. The van der Waals surface area contributed by atoms with Crippen LogP contribution >= 0.6 is 0 Å². The van der Waals surface area contributed by atoms with Crippen molar-refractivity contribution in [1.82, 2.24) is 14.5 Å². The molecule has 7 nitrogen and oxygen atoms in total. The second-order valence-corrected chi connectivity index (χ2v) is 6.87. The van der Waals surface area contributed by atoms with Gasteiger partial charge in [-0.05, 0) is 32.0 Å². The van der Waals surface area contributed by atoms with Gasteiger partial charge < -0.3 is 5.84 Å². The molecule has 0 aliphatic carbocycles. The Morgan fingerprint density at radius 2 is 1.52 bits per heavy atom. The molecule has 0 radical (unpaired) electrons. The van der Waals surface area contributed by atoms with Gasteiger partial charge in [0.15, 0.2) is 5.52 Å². The standard InChI is InChI=1S/C22H17N5O2/c1-13-3-7-15(8-4-13)19-11-17-18(12-23)21(28)27(16-9-5-14(2)6-10-16)25-20(17)22(29)26(19)24/h3-11H,24H2,1-2H3. The molecule has 2 aromatic heterocycles. The zero-order chi connectivity index (χ0) is 20.7. The van der Waals surface area contributed by atoms with Crippen molar-refractivity contribution in [3.63, 3.8) is 0 Å². The number of hydrogen-bond acceptors (Lipinski definition) is 5. The van der Waals surface area contributed by atoms with Crippen LogP contribution in [-0.4, -0.2) is 14.5 Å². The summed E-state index contributed by atoms with van der Waals surface area (Å²) in [6.07, 6.45) is 0. The van der Waals surface area contributed by atoms with Crippen molar-refractivity contribution in [3.8, 4) is 23.0 Å². The van der Waals surface area contributed by atoms with Crippen molar-refractivity contribution >= 4 is 10.9 Å². The maximum atomic E-state index is 13.0. The van der Waals surface area contributed by atoms with E-state index in [2.05, 4.69) is 5.10 Å². The minimum absolute atomic E-state index is 0.0416. The fourth-order valence-electron chi connectivity index (χ4n) is 3.18. The zero-order valence-electron chi connectivity index (χ0n) is 15.9. The molecule has 2 heterocycles. The van der Waals surface area contributed by atoms with Gasteiger partial charge in [-0.2, -0.15) is 15.0 Å². The SMILES string of the molecule is Cc1ccc(-c2cc3c(C#N)c(=O)n(-c4ccc(C)cc4)nc3c(=O)n2N)cc1. The van der Waals surface area contributed by atoms with Crippen molar-refractivity contribution in [2.24, 2.45) is 0 Å². The van der Waals surface area contributed by atoms with Gasteiger partial charge in [-0.1, -0.05) is 47.5 Å². The summed E-state index contributed by atoms with van der Waals surface area (Å²) in [5.74, 6) is 6.05. The fraction of sp³-hybridized carbons (Fsp3) is 0.0909. The van der Waals surface area contributed by atoms with E-state index in [1.54, 1.807) is 18.2 Å². The average Bonchev–Trinajstić information content (AvgIpc) is 2.72. The van der Waals surface area contributed by atoms with Crippen LogP contribution in [0.1, 0.15) is 16.7 Å². The number of nitriles is 1. The van der Waals surface area contributed by atoms with Gasteiger partial charge in [-0.25, -0.2) is 4.68 Å². The number of benzene rings is 2. The first-order valence-electron chi connectivity index (χ1n) is 8.93. The molecule has 142 valence electrons. The molecule has 0 unspecified atom stereocenters. The number of pyridine rings is 1. The molecule has 0 atom stereocenters. The first-order valence-corrected chi connectivity index (χ1v) is 8.93. The zero-order valence-corrected chi connectivity index (χ0v) is 15.9. The smallest absolute Gasteiger partial charge is 0.297 e. The van der Waals surface area contributed by atoms with Crippen LogP contribution in [0.15, 0.2) is 64.2 Å². The van der Waals surface area contributed by atoms with Crippen LogP contribution in [-0.2, 0) is 0 Å². The third kappa shape index (κ3) is 2.97. The van der Waals surface area contributed by atoms with Crippen molar-refractivity contribution in [3.05, 3.63) is 92.0 Å². The lowest BCUT2D eigenvalue weighted by Gasteiger charge is -2.12. The van der Waals surface area contributed by atoms with Gasteiger partial charge >= 0.3 is 0 Å². The molecule has 0 fully saturated rings. The van der Waals surface area contributed by atoms with Gasteiger partial charge in [0.2, 0.25) is 0 Å². The lowest BCUT2D eigenvalue weighted by molar-refractivity contribution is 0.817. The number of rotatable bonds is 2. The molecule has 0 spiro atoms. The highest BCUT2D eigenvalue weighted by atomic mass is 16.1. The lowest BCUT2D eigenvalue weighted by atomic mass is 10.1. The van der Waals surface area contributed by atoms with E-state index in [4.69, 9.17) is 5.84 Å². The minimum atomic E-state index is -0.590. The third-order valence-electron chi connectivity index (χ3n) is 4.83. The monoisotopic (exact) mass is 383 g/mol. The lowest BCUT2D eigenvalue weighted by Crippen LogP contribution is -2.33. The summed E-state index contributed by atoms with van der Waals surface area (Å²) in [4.78, 5) is 25.9. The van der Waals surface area contributed by atoms with Crippen molar-refractivity contribution in [2.45, 2.75) is 13.8 Å². The van der Waals surface area contributed by atoms with Gasteiger partial charge in [0.25, 0.3) is 11.1 Å². The van der Waals surface area contributed by atoms with E-state index in [9.17, 15) is 14.9 Å². The summed E-state index contributed by atoms with van der Waals surface area (Å²) in [6.45, 7) is 3.87.